The van der Waals surface area contributed by atoms with Crippen molar-refractivity contribution in [3.63, 3.8) is 0 Å². The summed E-state index contributed by atoms with van der Waals surface area (Å²) in [4.78, 5) is 0. The third-order valence-corrected chi connectivity index (χ3v) is 4.78. The molecule has 2 rings (SSSR count). The molecule has 1 aliphatic rings. The van der Waals surface area contributed by atoms with Crippen LogP contribution in [0.25, 0.3) is 0 Å². The van der Waals surface area contributed by atoms with Gasteiger partial charge in [0, 0.05) is 0 Å². The standard InChI is InChI=1S/C15H19BrF2O/c1-14(2)6-3-7-15(19,9-8-14)12-11(17)5-4-10(16)13(12)18/h4-5,19H,3,6-9H2,1-2H3. The molecule has 0 bridgehead atoms. The summed E-state index contributed by atoms with van der Waals surface area (Å²) in [6.45, 7) is 4.26. The summed E-state index contributed by atoms with van der Waals surface area (Å²) in [5.74, 6) is -1.34. The maximum Gasteiger partial charge on any atom is 0.146 e. The van der Waals surface area contributed by atoms with Gasteiger partial charge in [-0.1, -0.05) is 13.8 Å². The predicted molar refractivity (Wildman–Crippen MR) is 74.8 cm³/mol. The van der Waals surface area contributed by atoms with Crippen molar-refractivity contribution in [1.29, 1.82) is 0 Å². The average molecular weight is 333 g/mol. The van der Waals surface area contributed by atoms with Gasteiger partial charge >= 0.3 is 0 Å². The minimum Gasteiger partial charge on any atom is -0.385 e. The fraction of sp³-hybridized carbons (Fsp3) is 0.600. The second-order valence-corrected chi connectivity index (χ2v) is 7.12. The van der Waals surface area contributed by atoms with Crippen molar-refractivity contribution < 1.29 is 13.9 Å². The Bertz CT molecular complexity index is 487. The van der Waals surface area contributed by atoms with Crippen LogP contribution in [0.1, 0.15) is 51.5 Å². The minimum atomic E-state index is -1.40. The predicted octanol–water partition coefficient (Wildman–Crippen LogP) is 4.91. The molecule has 1 unspecified atom stereocenters. The van der Waals surface area contributed by atoms with Crippen LogP contribution in [0.5, 0.6) is 0 Å². The molecule has 1 aromatic carbocycles. The van der Waals surface area contributed by atoms with Crippen LogP contribution in [0.3, 0.4) is 0 Å². The van der Waals surface area contributed by atoms with Crippen LogP contribution in [-0.4, -0.2) is 5.11 Å². The van der Waals surface area contributed by atoms with Crippen molar-refractivity contribution in [2.45, 2.75) is 51.6 Å². The van der Waals surface area contributed by atoms with E-state index < -0.39 is 17.2 Å². The molecule has 0 spiro atoms. The van der Waals surface area contributed by atoms with Gasteiger partial charge in [0.2, 0.25) is 0 Å². The first-order valence-electron chi connectivity index (χ1n) is 6.62. The highest BCUT2D eigenvalue weighted by molar-refractivity contribution is 9.10. The van der Waals surface area contributed by atoms with E-state index in [9.17, 15) is 13.9 Å². The van der Waals surface area contributed by atoms with E-state index in [1.165, 1.54) is 12.1 Å². The molecule has 1 fully saturated rings. The highest BCUT2D eigenvalue weighted by atomic mass is 79.9. The van der Waals surface area contributed by atoms with Crippen molar-refractivity contribution in [3.05, 3.63) is 33.8 Å². The summed E-state index contributed by atoms with van der Waals surface area (Å²) in [6, 6.07) is 2.54. The van der Waals surface area contributed by atoms with Gasteiger partial charge in [-0.2, -0.15) is 0 Å². The molecule has 106 valence electrons. The van der Waals surface area contributed by atoms with Gasteiger partial charge in [-0.15, -0.1) is 0 Å². The van der Waals surface area contributed by atoms with E-state index in [1.54, 1.807) is 0 Å². The Morgan fingerprint density at radius 1 is 1.11 bits per heavy atom. The molecule has 1 aromatic rings. The number of hydrogen-bond donors (Lipinski definition) is 1. The number of hydrogen-bond acceptors (Lipinski definition) is 1. The summed E-state index contributed by atoms with van der Waals surface area (Å²) in [5, 5.41) is 10.7. The number of halogens is 3. The van der Waals surface area contributed by atoms with Gasteiger partial charge in [-0.05, 0) is 65.6 Å². The van der Waals surface area contributed by atoms with Crippen molar-refractivity contribution >= 4 is 15.9 Å². The zero-order chi connectivity index (χ0) is 14.3. The van der Waals surface area contributed by atoms with Gasteiger partial charge in [0.1, 0.15) is 11.6 Å². The van der Waals surface area contributed by atoms with Crippen LogP contribution < -0.4 is 0 Å². The Morgan fingerprint density at radius 3 is 2.47 bits per heavy atom. The SMILES string of the molecule is CC1(C)CCCC(O)(c2c(F)ccc(Br)c2F)CC1. The first-order valence-corrected chi connectivity index (χ1v) is 7.41. The molecule has 1 aliphatic carbocycles. The zero-order valence-electron chi connectivity index (χ0n) is 11.3. The molecule has 0 saturated heterocycles. The topological polar surface area (TPSA) is 20.2 Å². The van der Waals surface area contributed by atoms with Crippen LogP contribution >= 0.6 is 15.9 Å². The maximum atomic E-state index is 14.2. The zero-order valence-corrected chi connectivity index (χ0v) is 12.9. The Labute approximate surface area is 121 Å². The summed E-state index contributed by atoms with van der Waals surface area (Å²) >= 11 is 3.06. The van der Waals surface area contributed by atoms with Gasteiger partial charge < -0.3 is 5.11 Å². The van der Waals surface area contributed by atoms with Crippen LogP contribution in [0.4, 0.5) is 8.78 Å². The first-order chi connectivity index (χ1) is 8.75. The Morgan fingerprint density at radius 2 is 1.79 bits per heavy atom. The lowest BCUT2D eigenvalue weighted by atomic mass is 9.82. The van der Waals surface area contributed by atoms with Crippen molar-refractivity contribution in [2.24, 2.45) is 5.41 Å². The van der Waals surface area contributed by atoms with Gasteiger partial charge in [0.25, 0.3) is 0 Å². The van der Waals surface area contributed by atoms with Gasteiger partial charge in [0.15, 0.2) is 0 Å². The maximum absolute atomic E-state index is 14.2. The summed E-state index contributed by atoms with van der Waals surface area (Å²) in [7, 11) is 0. The van der Waals surface area contributed by atoms with E-state index >= 15 is 0 Å². The second-order valence-electron chi connectivity index (χ2n) is 6.27. The third kappa shape index (κ3) is 3.00. The largest absolute Gasteiger partial charge is 0.385 e. The molecular formula is C15H19BrF2O. The van der Waals surface area contributed by atoms with E-state index in [2.05, 4.69) is 29.8 Å². The van der Waals surface area contributed by atoms with Crippen molar-refractivity contribution in [1.82, 2.24) is 0 Å². The summed E-state index contributed by atoms with van der Waals surface area (Å²) < 4.78 is 28.3. The Hall–Kier alpha value is -0.480. The van der Waals surface area contributed by atoms with Crippen LogP contribution in [0, 0.1) is 17.0 Å². The lowest BCUT2D eigenvalue weighted by Crippen LogP contribution is -2.28. The molecule has 1 nitrogen and oxygen atoms in total. The highest BCUT2D eigenvalue weighted by Crippen LogP contribution is 2.44. The van der Waals surface area contributed by atoms with Crippen molar-refractivity contribution in [2.75, 3.05) is 0 Å². The van der Waals surface area contributed by atoms with E-state index in [4.69, 9.17) is 0 Å². The number of benzene rings is 1. The quantitative estimate of drug-likeness (QED) is 0.572. The van der Waals surface area contributed by atoms with Gasteiger partial charge in [-0.3, -0.25) is 0 Å². The highest BCUT2D eigenvalue weighted by Gasteiger charge is 2.39. The summed E-state index contributed by atoms with van der Waals surface area (Å²) in [5.41, 5.74) is -1.46. The normalized spacial score (nSPS) is 27.1. The molecule has 1 atom stereocenters. The van der Waals surface area contributed by atoms with Crippen LogP contribution in [0.2, 0.25) is 0 Å². The van der Waals surface area contributed by atoms with Crippen LogP contribution in [0.15, 0.2) is 16.6 Å². The molecule has 0 radical (unpaired) electrons. The van der Waals surface area contributed by atoms with Crippen LogP contribution in [-0.2, 0) is 5.60 Å². The third-order valence-electron chi connectivity index (χ3n) is 4.17. The average Bonchev–Trinajstić information content (AvgIpc) is 2.45. The number of rotatable bonds is 1. The molecule has 4 heteroatoms. The fourth-order valence-electron chi connectivity index (χ4n) is 2.86. The molecule has 1 saturated carbocycles. The summed E-state index contributed by atoms with van der Waals surface area (Å²) in [6.07, 6.45) is 3.29. The Balaban J connectivity index is 2.42. The molecule has 0 aromatic heterocycles. The fourth-order valence-corrected chi connectivity index (χ4v) is 3.19. The minimum absolute atomic E-state index is 0.115. The Kier molecular flexibility index (Phi) is 4.03. The molecule has 0 amide bonds. The molecular weight excluding hydrogens is 314 g/mol. The van der Waals surface area contributed by atoms with E-state index in [1.807, 2.05) is 0 Å². The smallest absolute Gasteiger partial charge is 0.146 e. The van der Waals surface area contributed by atoms with Gasteiger partial charge in [-0.25, -0.2) is 8.78 Å². The molecule has 0 aliphatic heterocycles. The van der Waals surface area contributed by atoms with E-state index in [0.717, 1.165) is 19.3 Å². The first kappa shape index (κ1) is 14.9. The molecule has 1 N–H and O–H groups in total. The van der Waals surface area contributed by atoms with E-state index in [0.29, 0.717) is 12.8 Å². The lowest BCUT2D eigenvalue weighted by Gasteiger charge is -2.29. The number of aliphatic hydroxyl groups is 1. The molecule has 0 heterocycles. The second kappa shape index (κ2) is 5.13. The van der Waals surface area contributed by atoms with Gasteiger partial charge in [0.05, 0.1) is 15.6 Å². The molecule has 19 heavy (non-hydrogen) atoms. The van der Waals surface area contributed by atoms with Crippen molar-refractivity contribution in [3.8, 4) is 0 Å². The monoisotopic (exact) mass is 332 g/mol. The van der Waals surface area contributed by atoms with E-state index in [-0.39, 0.29) is 15.5 Å². The lowest BCUT2D eigenvalue weighted by molar-refractivity contribution is 0.0110.